The lowest BCUT2D eigenvalue weighted by atomic mass is 9.84. The Bertz CT molecular complexity index is 1150. The topological polar surface area (TPSA) is 132 Å². The third-order valence-electron chi connectivity index (χ3n) is 8.21. The van der Waals surface area contributed by atoms with Crippen LogP contribution in [0.4, 0.5) is 5.82 Å². The van der Waals surface area contributed by atoms with Crippen LogP contribution < -0.4 is 11.5 Å². The molecule has 39 heavy (non-hydrogen) atoms. The van der Waals surface area contributed by atoms with Crippen molar-refractivity contribution in [3.8, 4) is 0 Å². The van der Waals surface area contributed by atoms with E-state index in [4.69, 9.17) is 16.2 Å². The van der Waals surface area contributed by atoms with Gasteiger partial charge in [0.2, 0.25) is 11.8 Å². The van der Waals surface area contributed by atoms with E-state index in [0.29, 0.717) is 44.3 Å². The normalized spacial score (nSPS) is 18.9. The highest BCUT2D eigenvalue weighted by Crippen LogP contribution is 2.31. The minimum absolute atomic E-state index is 0.00155. The van der Waals surface area contributed by atoms with Gasteiger partial charge in [0.15, 0.2) is 0 Å². The number of ether oxygens (including phenoxy) is 1. The monoisotopic (exact) mass is 537 g/mol. The molecule has 4 N–H and O–H groups in total. The van der Waals surface area contributed by atoms with Gasteiger partial charge in [-0.3, -0.25) is 19.3 Å². The number of pyridine rings is 1. The summed E-state index contributed by atoms with van der Waals surface area (Å²) in [6, 6.07) is 6.70. The Kier molecular flexibility index (Phi) is 10.1. The number of rotatable bonds is 12. The molecule has 2 aromatic rings. The second-order valence-electron chi connectivity index (χ2n) is 11.1. The predicted octanol–water partition coefficient (Wildman–Crippen LogP) is 3.78. The number of amides is 2. The maximum absolute atomic E-state index is 14.2. The summed E-state index contributed by atoms with van der Waals surface area (Å²) in [5.41, 5.74) is 12.7. The van der Waals surface area contributed by atoms with Crippen molar-refractivity contribution in [1.82, 2.24) is 14.8 Å². The zero-order chi connectivity index (χ0) is 27.8. The first-order valence-electron chi connectivity index (χ1n) is 14.5. The molecular weight excluding hydrogens is 494 g/mol. The van der Waals surface area contributed by atoms with E-state index in [9.17, 15) is 14.4 Å². The van der Waals surface area contributed by atoms with E-state index in [-0.39, 0.29) is 18.4 Å². The summed E-state index contributed by atoms with van der Waals surface area (Å²) in [6.07, 6.45) is 11.0. The molecule has 2 aliphatic rings. The molecule has 1 aromatic heterocycles. The van der Waals surface area contributed by atoms with Crippen LogP contribution in [0, 0.1) is 5.92 Å². The van der Waals surface area contributed by atoms with Crippen LogP contribution in [0.2, 0.25) is 0 Å². The molecular formula is C30H43N5O4. The molecule has 9 nitrogen and oxygen atoms in total. The molecule has 212 valence electrons. The van der Waals surface area contributed by atoms with Gasteiger partial charge in [-0.1, -0.05) is 57.6 Å². The van der Waals surface area contributed by atoms with Gasteiger partial charge in [0.1, 0.15) is 11.9 Å². The number of primary amides is 1. The highest BCUT2D eigenvalue weighted by atomic mass is 16.5. The Morgan fingerprint density at radius 2 is 1.92 bits per heavy atom. The second-order valence-corrected chi connectivity index (χ2v) is 11.1. The SMILES string of the molecule is CCCCOC(=O)CN(Cc1ccc2c(N)nccc2c1)[C@H](CC1CCCCC1)C(=O)N1CCC[C@H]1C(N)=O. The lowest BCUT2D eigenvalue weighted by Crippen LogP contribution is -2.54. The highest BCUT2D eigenvalue weighted by molar-refractivity contribution is 5.91. The first-order chi connectivity index (χ1) is 18.9. The fraction of sp³-hybridized carbons (Fsp3) is 0.600. The van der Waals surface area contributed by atoms with Crippen molar-refractivity contribution in [3.63, 3.8) is 0 Å². The zero-order valence-electron chi connectivity index (χ0n) is 23.1. The first kappa shape index (κ1) is 28.8. The number of unbranched alkanes of at least 4 members (excludes halogenated alkanes) is 1. The number of aromatic nitrogens is 1. The Balaban J connectivity index is 1.65. The predicted molar refractivity (Wildman–Crippen MR) is 151 cm³/mol. The van der Waals surface area contributed by atoms with E-state index in [1.165, 1.54) is 6.42 Å². The molecule has 2 fully saturated rings. The number of hydrogen-bond donors (Lipinski definition) is 2. The van der Waals surface area contributed by atoms with Crippen LogP contribution in [0.25, 0.3) is 10.8 Å². The number of anilines is 1. The average molecular weight is 538 g/mol. The van der Waals surface area contributed by atoms with E-state index >= 15 is 0 Å². The number of hydrogen-bond acceptors (Lipinski definition) is 7. The quantitative estimate of drug-likeness (QED) is 0.311. The minimum atomic E-state index is -0.596. The molecule has 4 rings (SSSR count). The molecule has 2 amide bonds. The molecule has 1 aliphatic carbocycles. The van der Waals surface area contributed by atoms with E-state index in [2.05, 4.69) is 4.98 Å². The number of carbonyl (C=O) groups is 3. The summed E-state index contributed by atoms with van der Waals surface area (Å²) in [4.78, 5) is 47.1. The van der Waals surface area contributed by atoms with Gasteiger partial charge < -0.3 is 21.1 Å². The molecule has 1 aromatic carbocycles. The van der Waals surface area contributed by atoms with Gasteiger partial charge in [0.25, 0.3) is 0 Å². The molecule has 1 saturated carbocycles. The third-order valence-corrected chi connectivity index (χ3v) is 8.21. The largest absolute Gasteiger partial charge is 0.465 e. The van der Waals surface area contributed by atoms with Crippen LogP contribution in [-0.2, 0) is 25.7 Å². The van der Waals surface area contributed by atoms with Crippen LogP contribution in [-0.4, -0.2) is 64.3 Å². The molecule has 1 aliphatic heterocycles. The average Bonchev–Trinajstić information content (AvgIpc) is 3.43. The van der Waals surface area contributed by atoms with Crippen molar-refractivity contribution in [2.45, 2.75) is 89.8 Å². The van der Waals surface area contributed by atoms with Gasteiger partial charge in [0, 0.05) is 24.7 Å². The number of nitrogen functional groups attached to an aromatic ring is 1. The molecule has 0 unspecified atom stereocenters. The number of likely N-dealkylation sites (tertiary alicyclic amines) is 1. The molecule has 0 bridgehead atoms. The molecule has 2 heterocycles. The summed E-state index contributed by atoms with van der Waals surface area (Å²) in [6.45, 7) is 3.30. The summed E-state index contributed by atoms with van der Waals surface area (Å²) >= 11 is 0. The standard InChI is InChI=1S/C30H43N5O4/c1-2-3-16-39-27(36)20-34(19-22-11-12-24-23(17-22)13-14-33-28(24)31)26(18-21-8-5-4-6-9-21)30(38)35-15-7-10-25(35)29(32)37/h11-14,17,21,25-26H,2-10,15-16,18-20H2,1H3,(H2,31,33)(H2,32,37)/t25-,26+/m0/s1. The second kappa shape index (κ2) is 13.7. The summed E-state index contributed by atoms with van der Waals surface area (Å²) in [7, 11) is 0. The van der Waals surface area contributed by atoms with Crippen molar-refractivity contribution in [1.29, 1.82) is 0 Å². The fourth-order valence-corrected chi connectivity index (χ4v) is 6.06. The van der Waals surface area contributed by atoms with Crippen LogP contribution in [0.15, 0.2) is 30.5 Å². The van der Waals surface area contributed by atoms with Gasteiger partial charge in [-0.25, -0.2) is 4.98 Å². The van der Waals surface area contributed by atoms with Gasteiger partial charge in [0.05, 0.1) is 19.2 Å². The zero-order valence-corrected chi connectivity index (χ0v) is 23.1. The van der Waals surface area contributed by atoms with Crippen LogP contribution in [0.5, 0.6) is 0 Å². The van der Waals surface area contributed by atoms with Crippen molar-refractivity contribution >= 4 is 34.4 Å². The number of fused-ring (bicyclic) bond motifs is 1. The summed E-state index contributed by atoms with van der Waals surface area (Å²) in [5, 5.41) is 1.82. The van der Waals surface area contributed by atoms with Crippen molar-refractivity contribution in [2.75, 3.05) is 25.4 Å². The molecule has 0 spiro atoms. The Morgan fingerprint density at radius 1 is 1.13 bits per heavy atom. The Morgan fingerprint density at radius 3 is 2.67 bits per heavy atom. The van der Waals surface area contributed by atoms with Crippen LogP contribution >= 0.6 is 0 Å². The Hall–Kier alpha value is -3.20. The summed E-state index contributed by atoms with van der Waals surface area (Å²) < 4.78 is 5.54. The van der Waals surface area contributed by atoms with Gasteiger partial charge in [-0.15, -0.1) is 0 Å². The fourth-order valence-electron chi connectivity index (χ4n) is 6.06. The maximum Gasteiger partial charge on any atom is 0.320 e. The molecule has 1 saturated heterocycles. The first-order valence-corrected chi connectivity index (χ1v) is 14.5. The number of carbonyl (C=O) groups excluding carboxylic acids is 3. The van der Waals surface area contributed by atoms with E-state index < -0.39 is 18.0 Å². The van der Waals surface area contributed by atoms with Crippen LogP contribution in [0.3, 0.4) is 0 Å². The van der Waals surface area contributed by atoms with Crippen LogP contribution in [0.1, 0.15) is 76.7 Å². The third kappa shape index (κ3) is 7.47. The van der Waals surface area contributed by atoms with Gasteiger partial charge in [-0.2, -0.15) is 0 Å². The molecule has 0 radical (unpaired) electrons. The van der Waals surface area contributed by atoms with Crippen molar-refractivity contribution in [2.24, 2.45) is 11.7 Å². The lowest BCUT2D eigenvalue weighted by molar-refractivity contribution is -0.149. The van der Waals surface area contributed by atoms with E-state index in [1.807, 2.05) is 36.1 Å². The van der Waals surface area contributed by atoms with E-state index in [0.717, 1.165) is 61.3 Å². The van der Waals surface area contributed by atoms with Gasteiger partial charge in [-0.05, 0) is 54.7 Å². The van der Waals surface area contributed by atoms with Crippen molar-refractivity contribution in [3.05, 3.63) is 36.0 Å². The maximum atomic E-state index is 14.2. The summed E-state index contributed by atoms with van der Waals surface area (Å²) in [5.74, 6) is -0.0660. The Labute approximate surface area is 231 Å². The van der Waals surface area contributed by atoms with E-state index in [1.54, 1.807) is 11.1 Å². The molecule has 9 heteroatoms. The highest BCUT2D eigenvalue weighted by Gasteiger charge is 2.40. The smallest absolute Gasteiger partial charge is 0.320 e. The number of benzene rings is 1. The lowest BCUT2D eigenvalue weighted by Gasteiger charge is -2.37. The minimum Gasteiger partial charge on any atom is -0.465 e. The number of nitrogens with zero attached hydrogens (tertiary/aromatic N) is 3. The molecule has 2 atom stereocenters. The number of esters is 1. The van der Waals surface area contributed by atoms with Gasteiger partial charge >= 0.3 is 5.97 Å². The van der Waals surface area contributed by atoms with Crippen molar-refractivity contribution < 1.29 is 19.1 Å². The number of nitrogens with two attached hydrogens (primary N) is 2.